The van der Waals surface area contributed by atoms with E-state index in [1.807, 2.05) is 30.3 Å². The van der Waals surface area contributed by atoms with Crippen molar-refractivity contribution in [2.75, 3.05) is 13.1 Å². The molecule has 0 fully saturated rings. The van der Waals surface area contributed by atoms with Crippen LogP contribution in [-0.4, -0.2) is 24.1 Å². The van der Waals surface area contributed by atoms with E-state index in [0.29, 0.717) is 29.5 Å². The van der Waals surface area contributed by atoms with Gasteiger partial charge in [0, 0.05) is 16.6 Å². The Morgan fingerprint density at radius 3 is 2.62 bits per heavy atom. The minimum absolute atomic E-state index is 0.146. The molecular formula is C18H20BrFN2O2. The van der Waals surface area contributed by atoms with Gasteiger partial charge in [0.05, 0.1) is 6.54 Å². The number of benzene rings is 2. The van der Waals surface area contributed by atoms with Crippen molar-refractivity contribution in [3.05, 3.63) is 69.9 Å². The first-order chi connectivity index (χ1) is 11.6. The van der Waals surface area contributed by atoms with Crippen LogP contribution in [0.3, 0.4) is 0 Å². The summed E-state index contributed by atoms with van der Waals surface area (Å²) in [7, 11) is 0. The van der Waals surface area contributed by atoms with Gasteiger partial charge in [-0.2, -0.15) is 0 Å². The Labute approximate surface area is 149 Å². The second-order valence-corrected chi connectivity index (χ2v) is 6.26. The van der Waals surface area contributed by atoms with E-state index in [1.165, 1.54) is 11.0 Å². The van der Waals surface area contributed by atoms with E-state index in [0.717, 1.165) is 5.56 Å². The molecule has 0 heterocycles. The number of ether oxygens (including phenoxy) is 1. The van der Waals surface area contributed by atoms with E-state index in [-0.39, 0.29) is 19.0 Å². The molecule has 0 atom stereocenters. The third-order valence-corrected chi connectivity index (χ3v) is 3.97. The molecule has 2 rings (SSSR count). The molecule has 0 radical (unpaired) electrons. The standard InChI is InChI=1S/C18H20BrFN2O2/c19-16-8-7-15(17(20)11-16)12-22(10-4-9-21)18(23)24-13-14-5-2-1-3-6-14/h1-3,5-8,11H,4,9-10,12-13,21H2. The summed E-state index contributed by atoms with van der Waals surface area (Å²) in [6.45, 7) is 1.19. The van der Waals surface area contributed by atoms with Crippen molar-refractivity contribution in [1.29, 1.82) is 0 Å². The lowest BCUT2D eigenvalue weighted by Crippen LogP contribution is -2.33. The van der Waals surface area contributed by atoms with Crippen LogP contribution in [0.2, 0.25) is 0 Å². The Morgan fingerprint density at radius 1 is 1.21 bits per heavy atom. The van der Waals surface area contributed by atoms with Crippen LogP contribution >= 0.6 is 15.9 Å². The summed E-state index contributed by atoms with van der Waals surface area (Å²) in [4.78, 5) is 13.8. The number of halogens is 2. The van der Waals surface area contributed by atoms with Crippen molar-refractivity contribution >= 4 is 22.0 Å². The topological polar surface area (TPSA) is 55.6 Å². The normalized spacial score (nSPS) is 10.5. The number of carbonyl (C=O) groups is 1. The van der Waals surface area contributed by atoms with Crippen molar-refractivity contribution < 1.29 is 13.9 Å². The third kappa shape index (κ3) is 5.62. The van der Waals surface area contributed by atoms with Crippen LogP contribution in [0.15, 0.2) is 53.0 Å². The van der Waals surface area contributed by atoms with Gasteiger partial charge < -0.3 is 15.4 Å². The minimum Gasteiger partial charge on any atom is -0.445 e. The Balaban J connectivity index is 2.02. The van der Waals surface area contributed by atoms with Gasteiger partial charge in [-0.25, -0.2) is 9.18 Å². The van der Waals surface area contributed by atoms with Gasteiger partial charge in [-0.3, -0.25) is 0 Å². The Hall–Kier alpha value is -1.92. The zero-order valence-electron chi connectivity index (χ0n) is 13.3. The maximum Gasteiger partial charge on any atom is 0.410 e. The molecule has 2 aromatic carbocycles. The van der Waals surface area contributed by atoms with Gasteiger partial charge in [-0.1, -0.05) is 52.3 Å². The van der Waals surface area contributed by atoms with Gasteiger partial charge >= 0.3 is 6.09 Å². The zero-order chi connectivity index (χ0) is 17.4. The lowest BCUT2D eigenvalue weighted by molar-refractivity contribution is 0.0931. The van der Waals surface area contributed by atoms with Gasteiger partial charge in [0.25, 0.3) is 0 Å². The summed E-state index contributed by atoms with van der Waals surface area (Å²) >= 11 is 3.22. The summed E-state index contributed by atoms with van der Waals surface area (Å²) in [6, 6.07) is 14.2. The summed E-state index contributed by atoms with van der Waals surface area (Å²) in [6.07, 6.45) is 0.146. The van der Waals surface area contributed by atoms with Crippen LogP contribution < -0.4 is 5.73 Å². The second-order valence-electron chi connectivity index (χ2n) is 5.34. The largest absolute Gasteiger partial charge is 0.445 e. The first-order valence-corrected chi connectivity index (χ1v) is 8.49. The molecule has 0 aromatic heterocycles. The highest BCUT2D eigenvalue weighted by molar-refractivity contribution is 9.10. The number of carbonyl (C=O) groups excluding carboxylic acids is 1. The smallest absolute Gasteiger partial charge is 0.410 e. The molecule has 0 spiro atoms. The molecular weight excluding hydrogens is 375 g/mol. The summed E-state index contributed by atoms with van der Waals surface area (Å²) in [5.41, 5.74) is 6.87. The van der Waals surface area contributed by atoms with Crippen LogP contribution in [0.25, 0.3) is 0 Å². The van der Waals surface area contributed by atoms with Crippen molar-refractivity contribution in [1.82, 2.24) is 4.90 Å². The van der Waals surface area contributed by atoms with Crippen LogP contribution in [0.4, 0.5) is 9.18 Å². The first-order valence-electron chi connectivity index (χ1n) is 7.70. The predicted octanol–water partition coefficient (Wildman–Crippen LogP) is 4.08. The van der Waals surface area contributed by atoms with Crippen molar-refractivity contribution in [3.8, 4) is 0 Å². The van der Waals surface area contributed by atoms with Crippen molar-refractivity contribution in [3.63, 3.8) is 0 Å². The molecule has 128 valence electrons. The molecule has 0 saturated heterocycles. The van der Waals surface area contributed by atoms with Crippen LogP contribution in [0.5, 0.6) is 0 Å². The summed E-state index contributed by atoms with van der Waals surface area (Å²) in [5, 5.41) is 0. The Bertz CT molecular complexity index is 667. The lowest BCUT2D eigenvalue weighted by atomic mass is 10.2. The average Bonchev–Trinajstić information content (AvgIpc) is 2.59. The fourth-order valence-electron chi connectivity index (χ4n) is 2.18. The molecule has 0 aliphatic rings. The van der Waals surface area contributed by atoms with Crippen molar-refractivity contribution in [2.24, 2.45) is 5.73 Å². The number of nitrogens with zero attached hydrogens (tertiary/aromatic N) is 1. The maximum absolute atomic E-state index is 14.0. The molecule has 1 amide bonds. The van der Waals surface area contributed by atoms with Gasteiger partial charge in [-0.15, -0.1) is 0 Å². The first kappa shape index (κ1) is 18.4. The number of hydrogen-bond donors (Lipinski definition) is 1. The van der Waals surface area contributed by atoms with Gasteiger partial charge in [-0.05, 0) is 30.7 Å². The van der Waals surface area contributed by atoms with Gasteiger partial charge in [0.2, 0.25) is 0 Å². The summed E-state index contributed by atoms with van der Waals surface area (Å²) in [5.74, 6) is -0.363. The predicted molar refractivity (Wildman–Crippen MR) is 94.8 cm³/mol. The van der Waals surface area contributed by atoms with E-state index >= 15 is 0 Å². The fourth-order valence-corrected chi connectivity index (χ4v) is 2.52. The van der Waals surface area contributed by atoms with Crippen LogP contribution in [-0.2, 0) is 17.9 Å². The SMILES string of the molecule is NCCCN(Cc1ccc(Br)cc1F)C(=O)OCc1ccccc1. The quantitative estimate of drug-likeness (QED) is 0.769. The molecule has 2 aromatic rings. The van der Waals surface area contributed by atoms with Crippen LogP contribution in [0.1, 0.15) is 17.5 Å². The highest BCUT2D eigenvalue weighted by Crippen LogP contribution is 2.17. The van der Waals surface area contributed by atoms with Gasteiger partial charge in [0.15, 0.2) is 0 Å². The highest BCUT2D eigenvalue weighted by Gasteiger charge is 2.17. The molecule has 4 nitrogen and oxygen atoms in total. The zero-order valence-corrected chi connectivity index (χ0v) is 14.8. The highest BCUT2D eigenvalue weighted by atomic mass is 79.9. The van der Waals surface area contributed by atoms with Gasteiger partial charge in [0.1, 0.15) is 12.4 Å². The molecule has 0 aliphatic heterocycles. The summed E-state index contributed by atoms with van der Waals surface area (Å²) < 4.78 is 20.0. The Kier molecular flexibility index (Phi) is 7.21. The second kappa shape index (κ2) is 9.39. The number of nitrogens with two attached hydrogens (primary N) is 1. The third-order valence-electron chi connectivity index (χ3n) is 3.47. The molecule has 0 saturated carbocycles. The minimum atomic E-state index is -0.477. The van der Waals surface area contributed by atoms with E-state index in [9.17, 15) is 9.18 Å². The fraction of sp³-hybridized carbons (Fsp3) is 0.278. The van der Waals surface area contributed by atoms with E-state index in [1.54, 1.807) is 12.1 Å². The lowest BCUT2D eigenvalue weighted by Gasteiger charge is -2.22. The number of hydrogen-bond acceptors (Lipinski definition) is 3. The van der Waals surface area contributed by atoms with Crippen LogP contribution in [0, 0.1) is 5.82 Å². The molecule has 6 heteroatoms. The molecule has 0 aliphatic carbocycles. The average molecular weight is 395 g/mol. The van der Waals surface area contributed by atoms with E-state index in [2.05, 4.69) is 15.9 Å². The molecule has 0 unspecified atom stereocenters. The number of amides is 1. The number of rotatable bonds is 7. The van der Waals surface area contributed by atoms with Crippen molar-refractivity contribution in [2.45, 2.75) is 19.6 Å². The molecule has 0 bridgehead atoms. The monoisotopic (exact) mass is 394 g/mol. The Morgan fingerprint density at radius 2 is 1.96 bits per heavy atom. The molecule has 24 heavy (non-hydrogen) atoms. The van der Waals surface area contributed by atoms with E-state index in [4.69, 9.17) is 10.5 Å². The molecule has 2 N–H and O–H groups in total. The van der Waals surface area contributed by atoms with E-state index < -0.39 is 6.09 Å². The maximum atomic E-state index is 14.0.